The Morgan fingerprint density at radius 2 is 1.94 bits per heavy atom. The maximum absolute atomic E-state index is 17.4. The molecule has 0 N–H and O–H groups in total. The fourth-order valence-corrected chi connectivity index (χ4v) is 9.53. The molecule has 0 radical (unpaired) electrons. The molecule has 0 saturated carbocycles. The Labute approximate surface area is 312 Å². The molecule has 4 saturated heterocycles. The van der Waals surface area contributed by atoms with E-state index in [1.807, 2.05) is 32.6 Å². The summed E-state index contributed by atoms with van der Waals surface area (Å²) in [5.74, 6) is 1.66. The van der Waals surface area contributed by atoms with E-state index >= 15 is 8.78 Å². The van der Waals surface area contributed by atoms with E-state index in [0.717, 1.165) is 43.5 Å². The Morgan fingerprint density at radius 1 is 1.13 bits per heavy atom. The summed E-state index contributed by atoms with van der Waals surface area (Å²) in [6, 6.07) is 7.27. The number of rotatable bonds is 4. The first-order valence-corrected chi connectivity index (χ1v) is 18.5. The van der Waals surface area contributed by atoms with E-state index in [1.54, 1.807) is 24.3 Å². The number of carbonyl (C=O) groups is 1. The number of hydrogen-bond acceptors (Lipinski definition) is 9. The van der Waals surface area contributed by atoms with Crippen LogP contribution in [-0.4, -0.2) is 92.5 Å². The van der Waals surface area contributed by atoms with Gasteiger partial charge in [0.1, 0.15) is 46.5 Å². The van der Waals surface area contributed by atoms with Gasteiger partial charge in [-0.2, -0.15) is 9.97 Å². The summed E-state index contributed by atoms with van der Waals surface area (Å²) in [6.45, 7) is 18.3. The third-order valence-electron chi connectivity index (χ3n) is 11.8. The lowest BCUT2D eigenvalue weighted by Gasteiger charge is -2.48. The first kappa shape index (κ1) is 34.5. The maximum Gasteiger partial charge on any atom is 0.410 e. The second kappa shape index (κ2) is 12.1. The third-order valence-corrected chi connectivity index (χ3v) is 11.8. The van der Waals surface area contributed by atoms with Gasteiger partial charge >= 0.3 is 12.1 Å². The van der Waals surface area contributed by atoms with Crippen molar-refractivity contribution < 1.29 is 27.8 Å². The molecule has 2 aromatic heterocycles. The standard InChI is InChI=1S/C42H42F2N6O4/c1-8-27-29(43)14-12-25-10-9-11-28(31(25)27)34-33(44)35-32-37(47-39(46-35)52-21-42-18-22(2)19-48(42)17-16-23(42)3)49-20-26-13-15-30(36(49)24(4)53-38(32)45-34)50(26)40(51)54-41(5,6)7/h1,9-12,14,24,26,30,36H,2-3,13,15-21H2,4-7H3/t24-,26+,30-,36+,42?/m0/s1. The Morgan fingerprint density at radius 3 is 2.72 bits per heavy atom. The van der Waals surface area contributed by atoms with Crippen molar-refractivity contribution in [1.29, 1.82) is 0 Å². The van der Waals surface area contributed by atoms with Gasteiger partial charge in [0.05, 0.1) is 29.2 Å². The summed E-state index contributed by atoms with van der Waals surface area (Å²) in [5.41, 5.74) is 1.20. The van der Waals surface area contributed by atoms with Crippen LogP contribution in [-0.2, 0) is 4.74 Å². The number of carbonyl (C=O) groups excluding carboxylic acids is 1. The van der Waals surface area contributed by atoms with Crippen LogP contribution in [0, 0.1) is 24.0 Å². The highest BCUT2D eigenvalue weighted by molar-refractivity contribution is 6.03. The summed E-state index contributed by atoms with van der Waals surface area (Å²) in [4.78, 5) is 34.5. The molecule has 12 heteroatoms. The molecular weight excluding hydrogens is 690 g/mol. The van der Waals surface area contributed by atoms with Gasteiger partial charge in [0.2, 0.25) is 5.88 Å². The van der Waals surface area contributed by atoms with Crippen molar-refractivity contribution in [3.8, 4) is 35.5 Å². The van der Waals surface area contributed by atoms with Gasteiger partial charge < -0.3 is 19.1 Å². The average molecular weight is 733 g/mol. The van der Waals surface area contributed by atoms with Crippen molar-refractivity contribution in [2.24, 2.45) is 0 Å². The quantitative estimate of drug-likeness (QED) is 0.160. The average Bonchev–Trinajstić information content (AvgIpc) is 3.70. The zero-order valence-corrected chi connectivity index (χ0v) is 30.9. The van der Waals surface area contributed by atoms with Crippen LogP contribution < -0.4 is 14.4 Å². The normalized spacial score (nSPS) is 26.1. The van der Waals surface area contributed by atoms with Gasteiger partial charge in [0.15, 0.2) is 5.82 Å². The number of terminal acetylenes is 1. The molecule has 1 unspecified atom stereocenters. The molecule has 1 amide bonds. The number of pyridine rings is 1. The molecule has 4 aromatic rings. The molecule has 5 aliphatic heterocycles. The van der Waals surface area contributed by atoms with Gasteiger partial charge in [-0.05, 0) is 64.8 Å². The minimum atomic E-state index is -0.744. The van der Waals surface area contributed by atoms with Crippen molar-refractivity contribution in [2.75, 3.05) is 31.1 Å². The molecule has 10 nitrogen and oxygen atoms in total. The summed E-state index contributed by atoms with van der Waals surface area (Å²) >= 11 is 0. The third kappa shape index (κ3) is 5.15. The number of halogens is 2. The van der Waals surface area contributed by atoms with E-state index in [2.05, 4.69) is 28.9 Å². The van der Waals surface area contributed by atoms with Crippen LogP contribution in [0.2, 0.25) is 0 Å². The second-order valence-electron chi connectivity index (χ2n) is 16.3. The highest BCUT2D eigenvalue weighted by Crippen LogP contribution is 2.48. The summed E-state index contributed by atoms with van der Waals surface area (Å²) in [7, 11) is 0. The molecular formula is C42H42F2N6O4. The molecule has 0 aliphatic carbocycles. The summed E-state index contributed by atoms with van der Waals surface area (Å²) < 4.78 is 51.6. The number of nitrogens with zero attached hydrogens (tertiary/aromatic N) is 6. The van der Waals surface area contributed by atoms with Gasteiger partial charge in [-0.1, -0.05) is 54.5 Å². The smallest absolute Gasteiger partial charge is 0.410 e. The number of hydrogen-bond donors (Lipinski definition) is 0. The highest BCUT2D eigenvalue weighted by Gasteiger charge is 2.54. The van der Waals surface area contributed by atoms with Crippen molar-refractivity contribution in [1.82, 2.24) is 24.8 Å². The first-order chi connectivity index (χ1) is 25.8. The fourth-order valence-electron chi connectivity index (χ4n) is 9.53. The Hall–Kier alpha value is -5.28. The Bertz CT molecular complexity index is 2350. The summed E-state index contributed by atoms with van der Waals surface area (Å²) in [6.07, 6.45) is 7.95. The molecule has 5 aliphatic rings. The van der Waals surface area contributed by atoms with Crippen molar-refractivity contribution in [3.05, 3.63) is 71.8 Å². The summed E-state index contributed by atoms with van der Waals surface area (Å²) in [5, 5.41) is 1.28. The lowest BCUT2D eigenvalue weighted by molar-refractivity contribution is 0.000938. The molecule has 2 bridgehead atoms. The van der Waals surface area contributed by atoms with E-state index in [1.165, 1.54) is 6.07 Å². The lowest BCUT2D eigenvalue weighted by atomic mass is 9.89. The minimum Gasteiger partial charge on any atom is -0.472 e. The van der Waals surface area contributed by atoms with Gasteiger partial charge in [0, 0.05) is 30.6 Å². The predicted octanol–water partition coefficient (Wildman–Crippen LogP) is 7.18. The minimum absolute atomic E-state index is 0.00506. The topological polar surface area (TPSA) is 93.2 Å². The number of amides is 1. The Balaban J connectivity index is 1.22. The zero-order chi connectivity index (χ0) is 37.8. The predicted molar refractivity (Wildman–Crippen MR) is 202 cm³/mol. The van der Waals surface area contributed by atoms with E-state index < -0.39 is 28.9 Å². The lowest BCUT2D eigenvalue weighted by Crippen LogP contribution is -2.65. The van der Waals surface area contributed by atoms with E-state index in [-0.39, 0.29) is 59.5 Å². The Kier molecular flexibility index (Phi) is 7.74. The number of anilines is 1. The number of ether oxygens (including phenoxy) is 3. The van der Waals surface area contributed by atoms with E-state index in [4.69, 9.17) is 35.6 Å². The largest absolute Gasteiger partial charge is 0.472 e. The first-order valence-electron chi connectivity index (χ1n) is 18.5. The maximum atomic E-state index is 17.4. The molecule has 0 spiro atoms. The van der Waals surface area contributed by atoms with E-state index in [0.29, 0.717) is 40.5 Å². The van der Waals surface area contributed by atoms with Crippen molar-refractivity contribution in [2.45, 2.75) is 88.7 Å². The highest BCUT2D eigenvalue weighted by atomic mass is 19.1. The molecule has 278 valence electrons. The van der Waals surface area contributed by atoms with Crippen LogP contribution in [0.4, 0.5) is 19.4 Å². The van der Waals surface area contributed by atoms with Crippen LogP contribution in [0.5, 0.6) is 11.9 Å². The molecule has 4 fully saturated rings. The van der Waals surface area contributed by atoms with Gasteiger partial charge in [-0.3, -0.25) is 9.80 Å². The number of aromatic nitrogens is 3. The van der Waals surface area contributed by atoms with Crippen molar-refractivity contribution in [3.63, 3.8) is 0 Å². The van der Waals surface area contributed by atoms with Gasteiger partial charge in [-0.15, -0.1) is 6.42 Å². The SMILES string of the molecule is C#Cc1c(F)ccc2cccc(-c3nc4c5c(nc(OCC67CC(=C)CN6CCC7=C)nc5c3F)N3C[C@H]5CC[C@@H]([C@H]3[C@H](C)O4)N5C(=O)OC(C)(C)C)c12. The van der Waals surface area contributed by atoms with Crippen LogP contribution in [0.1, 0.15) is 58.9 Å². The number of fused-ring (bicyclic) bond motifs is 7. The fraction of sp³-hybridized carbons (Fsp3) is 0.429. The van der Waals surface area contributed by atoms with Crippen LogP contribution >= 0.6 is 0 Å². The van der Waals surface area contributed by atoms with Gasteiger partial charge in [-0.25, -0.2) is 18.6 Å². The number of piperazine rings is 1. The molecule has 5 atom stereocenters. The molecule has 9 rings (SSSR count). The van der Waals surface area contributed by atoms with E-state index in [9.17, 15) is 4.79 Å². The molecule has 7 heterocycles. The van der Waals surface area contributed by atoms with Gasteiger partial charge in [0.25, 0.3) is 0 Å². The number of benzene rings is 2. The van der Waals surface area contributed by atoms with Crippen molar-refractivity contribution >= 4 is 33.6 Å². The molecule has 2 aromatic carbocycles. The monoisotopic (exact) mass is 732 g/mol. The van der Waals surface area contributed by atoms with Crippen LogP contribution in [0.25, 0.3) is 32.9 Å². The van der Waals surface area contributed by atoms with Crippen LogP contribution in [0.15, 0.2) is 54.6 Å². The zero-order valence-electron chi connectivity index (χ0n) is 30.9. The molecule has 54 heavy (non-hydrogen) atoms. The second-order valence-corrected chi connectivity index (χ2v) is 16.3. The van der Waals surface area contributed by atoms with Crippen LogP contribution in [0.3, 0.4) is 0 Å².